The van der Waals surface area contributed by atoms with Crippen LogP contribution in [0.4, 0.5) is 17.2 Å². The van der Waals surface area contributed by atoms with Gasteiger partial charge in [0.05, 0.1) is 25.1 Å². The van der Waals surface area contributed by atoms with Gasteiger partial charge in [0.2, 0.25) is 0 Å². The first kappa shape index (κ1) is 18.0. The first-order valence-electron chi connectivity index (χ1n) is 8.88. The van der Waals surface area contributed by atoms with Crippen molar-refractivity contribution in [2.75, 3.05) is 24.3 Å². The van der Waals surface area contributed by atoms with E-state index in [-0.39, 0.29) is 17.5 Å². The number of rotatable bonds is 1. The minimum Gasteiger partial charge on any atom is -0.385 e. The van der Waals surface area contributed by atoms with Crippen molar-refractivity contribution in [3.63, 3.8) is 0 Å². The van der Waals surface area contributed by atoms with E-state index in [0.717, 1.165) is 5.56 Å². The number of aromatic nitrogens is 4. The Balaban J connectivity index is 1.91. The normalized spacial score (nSPS) is 17.1. The van der Waals surface area contributed by atoms with Gasteiger partial charge in [0.15, 0.2) is 17.2 Å². The average Bonchev–Trinajstić information content (AvgIpc) is 3.08. The van der Waals surface area contributed by atoms with Crippen LogP contribution in [-0.2, 0) is 18.4 Å². The molecule has 1 aliphatic heterocycles. The van der Waals surface area contributed by atoms with Gasteiger partial charge in [-0.25, -0.2) is 9.50 Å². The van der Waals surface area contributed by atoms with Gasteiger partial charge >= 0.3 is 0 Å². The molecule has 3 aromatic rings. The maximum Gasteiger partial charge on any atom is 0.274 e. The van der Waals surface area contributed by atoms with Gasteiger partial charge in [-0.1, -0.05) is 0 Å². The Morgan fingerprint density at radius 3 is 2.93 bits per heavy atom. The summed E-state index contributed by atoms with van der Waals surface area (Å²) in [5.74, 6) is 0.103. The molecule has 146 valence electrons. The van der Waals surface area contributed by atoms with E-state index in [0.29, 0.717) is 41.7 Å². The Morgan fingerprint density at radius 1 is 1.32 bits per heavy atom. The zero-order chi connectivity index (χ0) is 19.8. The standard InChI is InChI=1S/C18H21N7O3/c1-10-8-28-9-11-4-13(18(27)24(3)7-11)22-15-5-12(19-2)16-20-6-14(17(26)21-10)25(16)23-15/h4-7,10,19H,8-9H2,1-3H3,(H,21,26)(H,22,23)/t10-/m1/s1. The van der Waals surface area contributed by atoms with Crippen molar-refractivity contribution in [1.29, 1.82) is 0 Å². The monoisotopic (exact) mass is 383 g/mol. The number of fused-ring (bicyclic) bond motifs is 3. The van der Waals surface area contributed by atoms with Crippen molar-refractivity contribution in [2.24, 2.45) is 7.05 Å². The number of pyridine rings is 1. The fourth-order valence-corrected chi connectivity index (χ4v) is 3.15. The smallest absolute Gasteiger partial charge is 0.274 e. The Kier molecular flexibility index (Phi) is 4.47. The van der Waals surface area contributed by atoms with Crippen LogP contribution in [0.2, 0.25) is 0 Å². The third-order valence-electron chi connectivity index (χ3n) is 4.49. The SMILES string of the molecule is CNc1cc2nn3c(cnc13)C(=O)N[C@H](C)COCc1cc(c(=O)n(C)c1)N2. The molecule has 3 aromatic heterocycles. The minimum atomic E-state index is -0.304. The van der Waals surface area contributed by atoms with Crippen LogP contribution in [-0.4, -0.2) is 44.8 Å². The van der Waals surface area contributed by atoms with Gasteiger partial charge in [-0.3, -0.25) is 9.59 Å². The van der Waals surface area contributed by atoms with Gasteiger partial charge < -0.3 is 25.3 Å². The van der Waals surface area contributed by atoms with Crippen LogP contribution in [0.25, 0.3) is 5.65 Å². The van der Waals surface area contributed by atoms with E-state index in [1.54, 1.807) is 32.4 Å². The first-order valence-corrected chi connectivity index (χ1v) is 8.88. The predicted molar refractivity (Wildman–Crippen MR) is 104 cm³/mol. The molecule has 0 saturated heterocycles. The van der Waals surface area contributed by atoms with Crippen LogP contribution in [0.5, 0.6) is 0 Å². The molecule has 0 aromatic carbocycles. The quantitative estimate of drug-likeness (QED) is 0.571. The lowest BCUT2D eigenvalue weighted by molar-refractivity contribution is 0.0814. The van der Waals surface area contributed by atoms with E-state index in [1.807, 2.05) is 6.92 Å². The van der Waals surface area contributed by atoms with Crippen LogP contribution in [0.3, 0.4) is 0 Å². The van der Waals surface area contributed by atoms with Gasteiger partial charge in [-0.15, -0.1) is 5.10 Å². The molecule has 1 aliphatic rings. The summed E-state index contributed by atoms with van der Waals surface area (Å²) in [6.45, 7) is 2.50. The molecule has 4 heterocycles. The van der Waals surface area contributed by atoms with Crippen molar-refractivity contribution in [3.8, 4) is 0 Å². The predicted octanol–water partition coefficient (Wildman–Crippen LogP) is 0.862. The molecule has 4 rings (SSSR count). The summed E-state index contributed by atoms with van der Waals surface area (Å²) in [5.41, 5.74) is 2.48. The van der Waals surface area contributed by atoms with Crippen LogP contribution < -0.4 is 21.5 Å². The van der Waals surface area contributed by atoms with Crippen molar-refractivity contribution in [1.82, 2.24) is 24.5 Å². The number of carbonyl (C=O) groups is 1. The Hall–Kier alpha value is -3.40. The Bertz CT molecular complexity index is 1120. The van der Waals surface area contributed by atoms with Gasteiger partial charge in [-0.05, 0) is 18.6 Å². The topological polar surface area (TPSA) is 115 Å². The number of hydrogen-bond donors (Lipinski definition) is 3. The first-order chi connectivity index (χ1) is 13.5. The van der Waals surface area contributed by atoms with Crippen molar-refractivity contribution in [3.05, 3.63) is 46.1 Å². The molecule has 0 aliphatic carbocycles. The fraction of sp³-hybridized carbons (Fsp3) is 0.333. The second kappa shape index (κ2) is 6.97. The number of nitrogens with zero attached hydrogens (tertiary/aromatic N) is 4. The molecule has 0 spiro atoms. The van der Waals surface area contributed by atoms with E-state index >= 15 is 0 Å². The Labute approximate surface area is 160 Å². The lowest BCUT2D eigenvalue weighted by Gasteiger charge is -2.16. The van der Waals surface area contributed by atoms with E-state index in [2.05, 4.69) is 26.0 Å². The van der Waals surface area contributed by atoms with Gasteiger partial charge in [0, 0.05) is 32.4 Å². The fourth-order valence-electron chi connectivity index (χ4n) is 3.15. The number of imidazole rings is 1. The maximum absolute atomic E-state index is 12.7. The molecule has 3 N–H and O–H groups in total. The highest BCUT2D eigenvalue weighted by molar-refractivity contribution is 5.94. The third-order valence-corrected chi connectivity index (χ3v) is 4.49. The highest BCUT2D eigenvalue weighted by atomic mass is 16.5. The summed E-state index contributed by atoms with van der Waals surface area (Å²) in [4.78, 5) is 29.5. The number of amides is 1. The summed E-state index contributed by atoms with van der Waals surface area (Å²) in [6, 6.07) is 3.27. The second-order valence-electron chi connectivity index (χ2n) is 6.76. The number of nitrogens with one attached hydrogen (secondary N) is 3. The van der Waals surface area contributed by atoms with Crippen LogP contribution in [0, 0.1) is 0 Å². The summed E-state index contributed by atoms with van der Waals surface area (Å²) in [7, 11) is 3.44. The molecule has 0 radical (unpaired) electrons. The summed E-state index contributed by atoms with van der Waals surface area (Å²) in [6.07, 6.45) is 3.20. The zero-order valence-corrected chi connectivity index (χ0v) is 15.8. The molecule has 1 atom stereocenters. The van der Waals surface area contributed by atoms with E-state index < -0.39 is 0 Å². The second-order valence-corrected chi connectivity index (χ2v) is 6.76. The molecule has 10 nitrogen and oxygen atoms in total. The lowest BCUT2D eigenvalue weighted by Crippen LogP contribution is -2.36. The number of aryl methyl sites for hydroxylation is 1. The van der Waals surface area contributed by atoms with E-state index in [1.165, 1.54) is 15.3 Å². The molecule has 28 heavy (non-hydrogen) atoms. The zero-order valence-electron chi connectivity index (χ0n) is 15.8. The summed E-state index contributed by atoms with van der Waals surface area (Å²) >= 11 is 0. The Morgan fingerprint density at radius 2 is 2.14 bits per heavy atom. The van der Waals surface area contributed by atoms with Gasteiger partial charge in [0.25, 0.3) is 11.5 Å². The highest BCUT2D eigenvalue weighted by Crippen LogP contribution is 2.22. The van der Waals surface area contributed by atoms with Gasteiger partial charge in [0.1, 0.15) is 5.69 Å². The average molecular weight is 383 g/mol. The molecule has 0 unspecified atom stereocenters. The highest BCUT2D eigenvalue weighted by Gasteiger charge is 2.19. The van der Waals surface area contributed by atoms with E-state index in [9.17, 15) is 9.59 Å². The molecular formula is C18H21N7O3. The summed E-state index contributed by atoms with van der Waals surface area (Å²) < 4.78 is 8.66. The van der Waals surface area contributed by atoms with Crippen LogP contribution in [0.15, 0.2) is 29.3 Å². The van der Waals surface area contributed by atoms with Crippen molar-refractivity contribution >= 4 is 28.7 Å². The number of anilines is 3. The number of hydrogen-bond acceptors (Lipinski definition) is 7. The number of carbonyl (C=O) groups excluding carboxylic acids is 1. The molecule has 4 bridgehead atoms. The molecule has 1 amide bonds. The van der Waals surface area contributed by atoms with Gasteiger partial charge in [-0.2, -0.15) is 0 Å². The lowest BCUT2D eigenvalue weighted by atomic mass is 10.2. The molecule has 10 heteroatoms. The van der Waals surface area contributed by atoms with Crippen LogP contribution in [0.1, 0.15) is 23.0 Å². The third kappa shape index (κ3) is 3.18. The minimum absolute atomic E-state index is 0.194. The molecule has 0 fully saturated rings. The van der Waals surface area contributed by atoms with Crippen molar-refractivity contribution in [2.45, 2.75) is 19.6 Å². The number of ether oxygens (including phenoxy) is 1. The van der Waals surface area contributed by atoms with Crippen molar-refractivity contribution < 1.29 is 9.53 Å². The van der Waals surface area contributed by atoms with E-state index in [4.69, 9.17) is 4.74 Å². The molecular weight excluding hydrogens is 362 g/mol. The maximum atomic E-state index is 12.7. The summed E-state index contributed by atoms with van der Waals surface area (Å²) in [5, 5.41) is 13.5. The van der Waals surface area contributed by atoms with Crippen LogP contribution >= 0.6 is 0 Å². The molecule has 0 saturated carbocycles. The largest absolute Gasteiger partial charge is 0.385 e.